The minimum absolute atomic E-state index is 0.207. The third-order valence-electron chi connectivity index (χ3n) is 3.47. The predicted octanol–water partition coefficient (Wildman–Crippen LogP) is 4.23. The molecule has 0 radical (unpaired) electrons. The molecular weight excluding hydrogens is 385 g/mol. The van der Waals surface area contributed by atoms with E-state index >= 15 is 0 Å². The quantitative estimate of drug-likeness (QED) is 0.572. The summed E-state index contributed by atoms with van der Waals surface area (Å²) < 4.78 is 0. The number of nitrogens with zero attached hydrogens (tertiary/aromatic N) is 1. The molecule has 2 amide bonds. The molecule has 0 saturated heterocycles. The number of carbonyl (C=O) groups is 3. The van der Waals surface area contributed by atoms with E-state index in [1.54, 1.807) is 37.3 Å². The highest BCUT2D eigenvalue weighted by atomic mass is 35.5. The molecule has 0 bridgehead atoms. The van der Waals surface area contributed by atoms with Gasteiger partial charge < -0.3 is 4.84 Å². The molecule has 1 unspecified atom stereocenters. The first-order valence-corrected chi connectivity index (χ1v) is 8.83. The Balaban J connectivity index is 1.71. The molecule has 2 aromatic carbocycles. The maximum atomic E-state index is 12.3. The largest absolute Gasteiger partial charge is 0.346 e. The summed E-state index contributed by atoms with van der Waals surface area (Å²) in [7, 11) is 0. The molecule has 5 nitrogen and oxygen atoms in total. The molecule has 0 N–H and O–H groups in total. The lowest BCUT2D eigenvalue weighted by molar-refractivity contribution is -0.167. The minimum atomic E-state index is -0.740. The van der Waals surface area contributed by atoms with Crippen molar-refractivity contribution in [1.82, 2.24) is 5.06 Å². The molecule has 0 aromatic heterocycles. The zero-order chi connectivity index (χ0) is 18.1. The van der Waals surface area contributed by atoms with Crippen molar-refractivity contribution < 1.29 is 19.2 Å². The minimum Gasteiger partial charge on any atom is -0.328 e. The Bertz CT molecular complexity index is 852. The van der Waals surface area contributed by atoms with Crippen LogP contribution in [-0.4, -0.2) is 28.1 Å². The van der Waals surface area contributed by atoms with E-state index < -0.39 is 23.0 Å². The Morgan fingerprint density at radius 1 is 1.08 bits per heavy atom. The van der Waals surface area contributed by atoms with E-state index in [4.69, 9.17) is 28.0 Å². The molecule has 128 valence electrons. The average Bonchev–Trinajstić information content (AvgIpc) is 2.83. The Hall–Kier alpha value is -2.02. The van der Waals surface area contributed by atoms with Crippen LogP contribution in [0.15, 0.2) is 47.4 Å². The molecule has 25 heavy (non-hydrogen) atoms. The summed E-state index contributed by atoms with van der Waals surface area (Å²) in [5, 5.41) is 0.701. The standard InChI is InChI=1S/C17H11Cl2NO4S/c1-9(25-14-8-10(18)6-7-13(14)19)17(23)24-20-15(21)11-4-2-3-5-12(11)16(20)22/h2-9H,1H3. The van der Waals surface area contributed by atoms with Gasteiger partial charge in [-0.1, -0.05) is 40.4 Å². The summed E-state index contributed by atoms with van der Waals surface area (Å²) in [6, 6.07) is 11.2. The SMILES string of the molecule is CC(Sc1cc(Cl)ccc1Cl)C(=O)ON1C(=O)c2ccccc2C1=O. The summed E-state index contributed by atoms with van der Waals surface area (Å²) in [6.07, 6.45) is 0. The van der Waals surface area contributed by atoms with Crippen molar-refractivity contribution in [3.8, 4) is 0 Å². The summed E-state index contributed by atoms with van der Waals surface area (Å²) in [5.41, 5.74) is 0.414. The van der Waals surface area contributed by atoms with E-state index in [1.165, 1.54) is 12.1 Å². The van der Waals surface area contributed by atoms with Gasteiger partial charge in [0.1, 0.15) is 5.25 Å². The second-order valence-corrected chi connectivity index (χ2v) is 7.42. The normalized spacial score (nSPS) is 14.4. The number of carbonyl (C=O) groups excluding carboxylic acids is 3. The van der Waals surface area contributed by atoms with Crippen molar-refractivity contribution >= 4 is 52.7 Å². The molecule has 3 rings (SSSR count). The van der Waals surface area contributed by atoms with E-state index in [2.05, 4.69) is 0 Å². The van der Waals surface area contributed by atoms with Crippen molar-refractivity contribution in [1.29, 1.82) is 0 Å². The summed E-state index contributed by atoms with van der Waals surface area (Å²) in [6.45, 7) is 1.59. The van der Waals surface area contributed by atoms with Gasteiger partial charge in [-0.05, 0) is 37.3 Å². The first-order chi connectivity index (χ1) is 11.9. The fraction of sp³-hybridized carbons (Fsp3) is 0.118. The number of halogens is 2. The molecule has 0 aliphatic carbocycles. The van der Waals surface area contributed by atoms with Gasteiger partial charge in [0, 0.05) is 9.92 Å². The number of benzene rings is 2. The lowest BCUT2D eigenvalue weighted by atomic mass is 10.1. The first kappa shape index (κ1) is 17.8. The van der Waals surface area contributed by atoms with E-state index in [9.17, 15) is 14.4 Å². The Morgan fingerprint density at radius 3 is 2.28 bits per heavy atom. The van der Waals surface area contributed by atoms with E-state index in [-0.39, 0.29) is 11.1 Å². The second kappa shape index (κ2) is 7.07. The van der Waals surface area contributed by atoms with Gasteiger partial charge in [0.05, 0.1) is 16.1 Å². The Morgan fingerprint density at radius 2 is 1.68 bits per heavy atom. The lowest BCUT2D eigenvalue weighted by Gasteiger charge is -2.16. The van der Waals surface area contributed by atoms with Crippen LogP contribution in [0.1, 0.15) is 27.6 Å². The van der Waals surface area contributed by atoms with E-state index in [0.29, 0.717) is 20.0 Å². The van der Waals surface area contributed by atoms with Gasteiger partial charge in [0.15, 0.2) is 0 Å². The highest BCUT2D eigenvalue weighted by molar-refractivity contribution is 8.00. The molecule has 0 saturated carbocycles. The van der Waals surface area contributed by atoms with Gasteiger partial charge in [0.2, 0.25) is 0 Å². The molecule has 0 fully saturated rings. The number of hydrogen-bond donors (Lipinski definition) is 0. The van der Waals surface area contributed by atoms with Crippen molar-refractivity contribution in [3.05, 3.63) is 63.6 Å². The van der Waals surface area contributed by atoms with Crippen LogP contribution < -0.4 is 0 Å². The molecule has 1 atom stereocenters. The van der Waals surface area contributed by atoms with Gasteiger partial charge in [-0.3, -0.25) is 9.59 Å². The zero-order valence-corrected chi connectivity index (χ0v) is 15.2. The Kier molecular flexibility index (Phi) is 5.03. The van der Waals surface area contributed by atoms with E-state index in [1.807, 2.05) is 0 Å². The zero-order valence-electron chi connectivity index (χ0n) is 12.9. The predicted molar refractivity (Wildman–Crippen MR) is 94.8 cm³/mol. The molecule has 8 heteroatoms. The topological polar surface area (TPSA) is 63.7 Å². The maximum Gasteiger partial charge on any atom is 0.346 e. The fourth-order valence-electron chi connectivity index (χ4n) is 2.22. The highest BCUT2D eigenvalue weighted by Crippen LogP contribution is 2.33. The number of hydroxylamine groups is 2. The molecule has 2 aromatic rings. The fourth-order valence-corrected chi connectivity index (χ4v) is 3.60. The van der Waals surface area contributed by atoms with E-state index in [0.717, 1.165) is 11.8 Å². The number of rotatable bonds is 4. The van der Waals surface area contributed by atoms with Crippen molar-refractivity contribution in [3.63, 3.8) is 0 Å². The number of hydrogen-bond acceptors (Lipinski definition) is 5. The molecule has 0 spiro atoms. The van der Waals surface area contributed by atoms with Crippen LogP contribution in [-0.2, 0) is 9.63 Å². The van der Waals surface area contributed by atoms with Crippen molar-refractivity contribution in [2.75, 3.05) is 0 Å². The Labute approximate surface area is 157 Å². The molecule has 1 aliphatic rings. The molecular formula is C17H11Cl2NO4S. The highest BCUT2D eigenvalue weighted by Gasteiger charge is 2.39. The monoisotopic (exact) mass is 395 g/mol. The van der Waals surface area contributed by atoms with Crippen LogP contribution in [0.5, 0.6) is 0 Å². The smallest absolute Gasteiger partial charge is 0.328 e. The number of amides is 2. The number of fused-ring (bicyclic) bond motifs is 1. The van der Waals surface area contributed by atoms with Gasteiger partial charge in [-0.15, -0.1) is 11.8 Å². The first-order valence-electron chi connectivity index (χ1n) is 7.20. The number of imide groups is 1. The lowest BCUT2D eigenvalue weighted by Crippen LogP contribution is -2.35. The average molecular weight is 396 g/mol. The summed E-state index contributed by atoms with van der Waals surface area (Å²) in [5.74, 6) is -2.06. The van der Waals surface area contributed by atoms with Crippen LogP contribution in [0.2, 0.25) is 10.0 Å². The number of thioether (sulfide) groups is 1. The van der Waals surface area contributed by atoms with Crippen LogP contribution in [0.3, 0.4) is 0 Å². The van der Waals surface area contributed by atoms with Gasteiger partial charge in [-0.25, -0.2) is 4.79 Å². The summed E-state index contributed by atoms with van der Waals surface area (Å²) >= 11 is 13.1. The third-order valence-corrected chi connectivity index (χ3v) is 5.28. The van der Waals surface area contributed by atoms with Gasteiger partial charge in [0.25, 0.3) is 11.8 Å². The van der Waals surface area contributed by atoms with Crippen LogP contribution in [0, 0.1) is 0 Å². The van der Waals surface area contributed by atoms with Crippen LogP contribution in [0.25, 0.3) is 0 Å². The van der Waals surface area contributed by atoms with Crippen LogP contribution >= 0.6 is 35.0 Å². The molecule has 1 aliphatic heterocycles. The van der Waals surface area contributed by atoms with Gasteiger partial charge >= 0.3 is 5.97 Å². The maximum absolute atomic E-state index is 12.3. The summed E-state index contributed by atoms with van der Waals surface area (Å²) in [4.78, 5) is 42.3. The van der Waals surface area contributed by atoms with Crippen molar-refractivity contribution in [2.45, 2.75) is 17.1 Å². The molecule has 1 heterocycles. The second-order valence-electron chi connectivity index (χ2n) is 5.20. The third kappa shape index (κ3) is 3.51. The van der Waals surface area contributed by atoms with Crippen molar-refractivity contribution in [2.24, 2.45) is 0 Å². The van der Waals surface area contributed by atoms with Gasteiger partial charge in [-0.2, -0.15) is 0 Å². The van der Waals surface area contributed by atoms with Crippen LogP contribution in [0.4, 0.5) is 0 Å².